The molecule has 0 radical (unpaired) electrons. The third kappa shape index (κ3) is 3.06. The van der Waals surface area contributed by atoms with E-state index in [1.165, 1.54) is 31.2 Å². The molecule has 0 unspecified atom stereocenters. The topological polar surface area (TPSA) is 77.3 Å². The van der Waals surface area contributed by atoms with E-state index in [0.29, 0.717) is 5.56 Å². The molecule has 21 heavy (non-hydrogen) atoms. The molecule has 0 spiro atoms. The van der Waals surface area contributed by atoms with Crippen molar-refractivity contribution in [3.05, 3.63) is 69.2 Å². The molecule has 7 heteroatoms. The van der Waals surface area contributed by atoms with Crippen molar-refractivity contribution in [3.63, 3.8) is 0 Å². The largest absolute Gasteiger partial charge is 0.270 e. The van der Waals surface area contributed by atoms with Gasteiger partial charge in [0.05, 0.1) is 20.1 Å². The second-order valence-corrected chi connectivity index (χ2v) is 7.14. The lowest BCUT2D eigenvalue weighted by molar-refractivity contribution is -0.384. The Morgan fingerprint density at radius 3 is 2.29 bits per heavy atom. The van der Waals surface area contributed by atoms with Gasteiger partial charge >= 0.3 is 0 Å². The van der Waals surface area contributed by atoms with Crippen molar-refractivity contribution in [2.75, 3.05) is 0 Å². The van der Waals surface area contributed by atoms with Crippen LogP contribution in [0, 0.1) is 10.1 Å². The molecule has 2 aromatic carbocycles. The van der Waals surface area contributed by atoms with E-state index in [9.17, 15) is 18.5 Å². The first-order chi connectivity index (χ1) is 9.84. The van der Waals surface area contributed by atoms with Crippen molar-refractivity contribution >= 4 is 27.1 Å². The monoisotopic (exact) mass is 325 g/mol. The van der Waals surface area contributed by atoms with Crippen LogP contribution in [0.1, 0.15) is 17.7 Å². The minimum absolute atomic E-state index is 0.0659. The zero-order chi connectivity index (χ0) is 15.6. The highest BCUT2D eigenvalue weighted by molar-refractivity contribution is 7.91. The second-order valence-electron chi connectivity index (χ2n) is 4.46. The fourth-order valence-electron chi connectivity index (χ4n) is 1.94. The summed E-state index contributed by atoms with van der Waals surface area (Å²) in [6.45, 7) is 1.51. The second kappa shape index (κ2) is 5.83. The van der Waals surface area contributed by atoms with Crippen LogP contribution < -0.4 is 0 Å². The van der Waals surface area contributed by atoms with Gasteiger partial charge in [0.1, 0.15) is 0 Å². The summed E-state index contributed by atoms with van der Waals surface area (Å²) in [5.74, 6) is 0. The van der Waals surface area contributed by atoms with Crippen molar-refractivity contribution in [3.8, 4) is 0 Å². The highest BCUT2D eigenvalue weighted by atomic mass is 35.5. The summed E-state index contributed by atoms with van der Waals surface area (Å²) < 4.78 is 25.0. The van der Waals surface area contributed by atoms with Crippen LogP contribution in [0.25, 0.3) is 0 Å². The van der Waals surface area contributed by atoms with Crippen LogP contribution in [-0.4, -0.2) is 13.3 Å². The summed E-state index contributed by atoms with van der Waals surface area (Å²) in [5, 5.41) is 9.85. The maximum atomic E-state index is 12.5. The molecule has 2 aromatic rings. The first kappa shape index (κ1) is 15.5. The Labute approximate surface area is 127 Å². The van der Waals surface area contributed by atoms with Crippen molar-refractivity contribution in [1.82, 2.24) is 0 Å². The van der Waals surface area contributed by atoms with E-state index < -0.39 is 20.0 Å². The standard InChI is InChI=1S/C14H12ClNO4S/c1-10(21(19,20)12-5-3-2-4-6-12)13-8-7-11(16(17)18)9-14(13)15/h2-10H,1H3/t10-/m0/s1. The van der Waals surface area contributed by atoms with Gasteiger partial charge in [-0.15, -0.1) is 0 Å². The number of halogens is 1. The number of benzene rings is 2. The normalized spacial score (nSPS) is 12.9. The molecule has 5 nitrogen and oxygen atoms in total. The molecule has 0 N–H and O–H groups in total. The zero-order valence-electron chi connectivity index (χ0n) is 11.1. The van der Waals surface area contributed by atoms with Gasteiger partial charge in [-0.25, -0.2) is 8.42 Å². The van der Waals surface area contributed by atoms with Gasteiger partial charge < -0.3 is 0 Å². The minimum atomic E-state index is -3.60. The van der Waals surface area contributed by atoms with Crippen LogP contribution in [0.3, 0.4) is 0 Å². The van der Waals surface area contributed by atoms with E-state index in [-0.39, 0.29) is 15.6 Å². The lowest BCUT2D eigenvalue weighted by Crippen LogP contribution is -2.11. The molecule has 0 amide bonds. The Bertz CT molecular complexity index is 775. The van der Waals surface area contributed by atoms with Gasteiger partial charge in [-0.2, -0.15) is 0 Å². The van der Waals surface area contributed by atoms with E-state index in [2.05, 4.69) is 0 Å². The quantitative estimate of drug-likeness (QED) is 0.633. The Balaban J connectivity index is 2.45. The summed E-state index contributed by atoms with van der Waals surface area (Å²) in [7, 11) is -3.60. The average molecular weight is 326 g/mol. The molecule has 0 aliphatic carbocycles. The molecule has 0 aromatic heterocycles. The van der Waals surface area contributed by atoms with Crippen LogP contribution in [0.5, 0.6) is 0 Å². The summed E-state index contributed by atoms with van der Waals surface area (Å²) in [5.41, 5.74) is 0.166. The van der Waals surface area contributed by atoms with Crippen molar-refractivity contribution in [2.24, 2.45) is 0 Å². The van der Waals surface area contributed by atoms with E-state index in [1.54, 1.807) is 18.2 Å². The van der Waals surface area contributed by atoms with Crippen LogP contribution >= 0.6 is 11.6 Å². The molecule has 0 fully saturated rings. The minimum Gasteiger partial charge on any atom is -0.258 e. The fourth-order valence-corrected chi connectivity index (χ4v) is 3.83. The average Bonchev–Trinajstić information content (AvgIpc) is 2.47. The number of nitro groups is 1. The number of non-ortho nitro benzene ring substituents is 1. The van der Waals surface area contributed by atoms with Crippen molar-refractivity contribution in [1.29, 1.82) is 0 Å². The fraction of sp³-hybridized carbons (Fsp3) is 0.143. The highest BCUT2D eigenvalue weighted by Gasteiger charge is 2.27. The molecule has 0 saturated heterocycles. The third-order valence-corrected chi connectivity index (χ3v) is 5.61. The van der Waals surface area contributed by atoms with Gasteiger partial charge in [0, 0.05) is 12.1 Å². The predicted octanol–water partition coefficient (Wildman–Crippen LogP) is 3.78. The molecular formula is C14H12ClNO4S. The number of nitrogens with zero attached hydrogens (tertiary/aromatic N) is 1. The van der Waals surface area contributed by atoms with Crippen LogP contribution in [-0.2, 0) is 9.84 Å². The van der Waals surface area contributed by atoms with Crippen LogP contribution in [0.4, 0.5) is 5.69 Å². The molecule has 0 bridgehead atoms. The van der Waals surface area contributed by atoms with Gasteiger partial charge in [-0.3, -0.25) is 10.1 Å². The zero-order valence-corrected chi connectivity index (χ0v) is 12.6. The van der Waals surface area contributed by atoms with Gasteiger partial charge in [0.2, 0.25) is 0 Å². The van der Waals surface area contributed by atoms with E-state index in [4.69, 9.17) is 11.6 Å². The Morgan fingerprint density at radius 2 is 1.76 bits per heavy atom. The first-order valence-electron chi connectivity index (χ1n) is 6.07. The van der Waals surface area contributed by atoms with Gasteiger partial charge in [-0.1, -0.05) is 29.8 Å². The van der Waals surface area contributed by atoms with Crippen LogP contribution in [0.2, 0.25) is 5.02 Å². The van der Waals surface area contributed by atoms with Crippen molar-refractivity contribution in [2.45, 2.75) is 17.1 Å². The number of hydrogen-bond acceptors (Lipinski definition) is 4. The lowest BCUT2D eigenvalue weighted by atomic mass is 10.1. The Morgan fingerprint density at radius 1 is 1.14 bits per heavy atom. The Kier molecular flexibility index (Phi) is 4.29. The van der Waals surface area contributed by atoms with Crippen molar-refractivity contribution < 1.29 is 13.3 Å². The molecule has 1 atom stereocenters. The predicted molar refractivity (Wildman–Crippen MR) is 80.1 cm³/mol. The third-order valence-electron chi connectivity index (χ3n) is 3.17. The van der Waals surface area contributed by atoms with Gasteiger partial charge in [-0.05, 0) is 30.7 Å². The molecule has 0 aliphatic heterocycles. The van der Waals surface area contributed by atoms with Crippen LogP contribution in [0.15, 0.2) is 53.4 Å². The number of hydrogen-bond donors (Lipinski definition) is 0. The highest BCUT2D eigenvalue weighted by Crippen LogP contribution is 2.34. The summed E-state index contributed by atoms with van der Waals surface area (Å²) >= 11 is 5.99. The first-order valence-corrected chi connectivity index (χ1v) is 7.99. The molecule has 0 saturated carbocycles. The summed E-state index contributed by atoms with van der Waals surface area (Å²) in [4.78, 5) is 10.3. The molecular weight excluding hydrogens is 314 g/mol. The van der Waals surface area contributed by atoms with E-state index in [1.807, 2.05) is 0 Å². The summed E-state index contributed by atoms with van der Waals surface area (Å²) in [6.07, 6.45) is 0. The Hall–Kier alpha value is -1.92. The van der Waals surface area contributed by atoms with Gasteiger partial charge in [0.25, 0.3) is 5.69 Å². The SMILES string of the molecule is C[C@@H](c1ccc([N+](=O)[O-])cc1Cl)S(=O)(=O)c1ccccc1. The number of sulfone groups is 1. The molecule has 110 valence electrons. The summed E-state index contributed by atoms with van der Waals surface area (Å²) in [6, 6.07) is 11.8. The molecule has 0 aliphatic rings. The lowest BCUT2D eigenvalue weighted by Gasteiger charge is -2.14. The number of nitro benzene ring substituents is 1. The van der Waals surface area contributed by atoms with Gasteiger partial charge in [0.15, 0.2) is 9.84 Å². The molecule has 2 rings (SSSR count). The van der Waals surface area contributed by atoms with E-state index >= 15 is 0 Å². The molecule has 0 heterocycles. The maximum absolute atomic E-state index is 12.5. The van der Waals surface area contributed by atoms with E-state index in [0.717, 1.165) is 6.07 Å². The maximum Gasteiger partial charge on any atom is 0.270 e. The smallest absolute Gasteiger partial charge is 0.258 e. The number of rotatable bonds is 4.